The van der Waals surface area contributed by atoms with Crippen LogP contribution in [0, 0.1) is 0 Å². The van der Waals surface area contributed by atoms with Crippen molar-refractivity contribution in [1.82, 2.24) is 0 Å². The molecule has 1 atom stereocenters. The molecule has 0 fully saturated rings. The Bertz CT molecular complexity index is 1350. The minimum Gasteiger partial charge on any atom is -0.462 e. The van der Waals surface area contributed by atoms with Crippen LogP contribution in [0.4, 0.5) is 0 Å². The van der Waals surface area contributed by atoms with Crippen molar-refractivity contribution in [3.8, 4) is 0 Å². The molecule has 0 saturated heterocycles. The van der Waals surface area contributed by atoms with Crippen molar-refractivity contribution in [3.63, 3.8) is 0 Å². The van der Waals surface area contributed by atoms with E-state index in [0.29, 0.717) is 12.8 Å². The van der Waals surface area contributed by atoms with E-state index in [2.05, 4.69) is 136 Å². The monoisotopic (exact) mass is 857 g/mol. The molecule has 0 aliphatic heterocycles. The van der Waals surface area contributed by atoms with Gasteiger partial charge in [-0.05, 0) is 109 Å². The van der Waals surface area contributed by atoms with Crippen LogP contribution in [0.25, 0.3) is 0 Å². The number of rotatable bonds is 42. The highest BCUT2D eigenvalue weighted by Crippen LogP contribution is 2.12. The highest BCUT2D eigenvalue weighted by molar-refractivity contribution is 5.71. The highest BCUT2D eigenvalue weighted by Gasteiger charge is 2.19. The predicted octanol–water partition coefficient (Wildman–Crippen LogP) is 16.1. The van der Waals surface area contributed by atoms with Crippen LogP contribution in [0.2, 0.25) is 0 Å². The summed E-state index contributed by atoms with van der Waals surface area (Å²) in [6, 6.07) is 0. The summed E-state index contributed by atoms with van der Waals surface area (Å²) >= 11 is 0. The zero-order chi connectivity index (χ0) is 45.1. The largest absolute Gasteiger partial charge is 0.462 e. The summed E-state index contributed by atoms with van der Waals surface area (Å²) in [5.41, 5.74) is 0. The molecule has 0 N–H and O–H groups in total. The summed E-state index contributed by atoms with van der Waals surface area (Å²) in [7, 11) is 0. The van der Waals surface area contributed by atoms with Gasteiger partial charge in [-0.2, -0.15) is 0 Å². The lowest BCUT2D eigenvalue weighted by Crippen LogP contribution is -2.30. The summed E-state index contributed by atoms with van der Waals surface area (Å²) in [4.78, 5) is 37.9. The fourth-order valence-corrected chi connectivity index (χ4v) is 6.15. The van der Waals surface area contributed by atoms with E-state index in [0.717, 1.165) is 141 Å². The average molecular weight is 857 g/mol. The zero-order valence-corrected chi connectivity index (χ0v) is 39.6. The van der Waals surface area contributed by atoms with Gasteiger partial charge in [0.05, 0.1) is 0 Å². The van der Waals surface area contributed by atoms with E-state index in [4.69, 9.17) is 14.2 Å². The molecule has 0 rings (SSSR count). The van der Waals surface area contributed by atoms with Crippen LogP contribution >= 0.6 is 0 Å². The van der Waals surface area contributed by atoms with E-state index in [-0.39, 0.29) is 37.5 Å². The summed E-state index contributed by atoms with van der Waals surface area (Å²) in [5.74, 6) is -0.996. The number of carbonyl (C=O) groups is 3. The minimum absolute atomic E-state index is 0.110. The molecule has 0 aromatic carbocycles. The van der Waals surface area contributed by atoms with Gasteiger partial charge in [-0.1, -0.05) is 187 Å². The Morgan fingerprint density at radius 2 is 0.661 bits per heavy atom. The second-order valence-corrected chi connectivity index (χ2v) is 15.6. The summed E-state index contributed by atoms with van der Waals surface area (Å²) in [6.45, 7) is 6.18. The molecule has 6 heteroatoms. The number of hydrogen-bond acceptors (Lipinski definition) is 6. The number of ether oxygens (including phenoxy) is 3. The molecule has 0 aromatic heterocycles. The molecule has 0 saturated carbocycles. The van der Waals surface area contributed by atoms with Crippen molar-refractivity contribution in [2.45, 2.75) is 200 Å². The number of esters is 3. The molecular weight excluding hydrogens is 769 g/mol. The molecule has 348 valence electrons. The van der Waals surface area contributed by atoms with Crippen LogP contribution in [-0.4, -0.2) is 37.2 Å². The van der Waals surface area contributed by atoms with Gasteiger partial charge < -0.3 is 14.2 Å². The highest BCUT2D eigenvalue weighted by atomic mass is 16.6. The fraction of sp³-hybridized carbons (Fsp3) is 0.589. The van der Waals surface area contributed by atoms with Gasteiger partial charge in [-0.15, -0.1) is 0 Å². The summed E-state index contributed by atoms with van der Waals surface area (Å²) in [5, 5.41) is 0. The SMILES string of the molecule is CC\C=C/C=C\C=C/CCCCCCCC(=O)OC(COC(=O)CCCC/C=C\C/C=C\C/C=C\CC)COC(=O)CCCCCCCC/C=C\C/C=C\C/C=C\C/C=C\CC. The number of unbranched alkanes of at least 4 members (excludes halogenated alkanes) is 13. The smallest absolute Gasteiger partial charge is 0.306 e. The van der Waals surface area contributed by atoms with Gasteiger partial charge in [-0.25, -0.2) is 0 Å². The molecule has 0 heterocycles. The first kappa shape index (κ1) is 57.8. The van der Waals surface area contributed by atoms with Crippen molar-refractivity contribution in [2.75, 3.05) is 13.2 Å². The molecular formula is C56H88O6. The molecule has 6 nitrogen and oxygen atoms in total. The maximum Gasteiger partial charge on any atom is 0.306 e. The lowest BCUT2D eigenvalue weighted by Gasteiger charge is -2.18. The predicted molar refractivity (Wildman–Crippen MR) is 265 cm³/mol. The molecule has 62 heavy (non-hydrogen) atoms. The van der Waals surface area contributed by atoms with Crippen molar-refractivity contribution in [2.24, 2.45) is 0 Å². The molecule has 0 radical (unpaired) electrons. The quantitative estimate of drug-likeness (QED) is 0.0200. The molecule has 0 aliphatic carbocycles. The number of allylic oxidation sites excluding steroid dienone is 20. The molecule has 1 unspecified atom stereocenters. The van der Waals surface area contributed by atoms with Crippen LogP contribution in [0.1, 0.15) is 194 Å². The Hall–Kier alpha value is -4.19. The maximum atomic E-state index is 12.8. The van der Waals surface area contributed by atoms with Gasteiger partial charge in [0, 0.05) is 19.3 Å². The topological polar surface area (TPSA) is 78.9 Å². The summed E-state index contributed by atoms with van der Waals surface area (Å²) < 4.78 is 16.7. The molecule has 0 bridgehead atoms. The Morgan fingerprint density at radius 3 is 1.11 bits per heavy atom. The van der Waals surface area contributed by atoms with E-state index in [9.17, 15) is 14.4 Å². The van der Waals surface area contributed by atoms with E-state index in [1.54, 1.807) is 0 Å². The van der Waals surface area contributed by atoms with Crippen molar-refractivity contribution in [1.29, 1.82) is 0 Å². The van der Waals surface area contributed by atoms with E-state index < -0.39 is 6.10 Å². The van der Waals surface area contributed by atoms with Crippen LogP contribution in [0.3, 0.4) is 0 Å². The van der Waals surface area contributed by atoms with Gasteiger partial charge in [0.25, 0.3) is 0 Å². The first-order valence-electron chi connectivity index (χ1n) is 24.6. The van der Waals surface area contributed by atoms with Crippen LogP contribution in [-0.2, 0) is 28.6 Å². The minimum atomic E-state index is -0.813. The average Bonchev–Trinajstić information content (AvgIpc) is 3.27. The van der Waals surface area contributed by atoms with Gasteiger partial charge in [0.2, 0.25) is 0 Å². The van der Waals surface area contributed by atoms with E-state index in [1.165, 1.54) is 12.8 Å². The van der Waals surface area contributed by atoms with E-state index in [1.807, 2.05) is 6.08 Å². The van der Waals surface area contributed by atoms with Crippen LogP contribution in [0.5, 0.6) is 0 Å². The Kier molecular flexibility index (Phi) is 46.1. The van der Waals surface area contributed by atoms with Crippen molar-refractivity contribution >= 4 is 17.9 Å². The molecule has 0 aliphatic rings. The standard InChI is InChI=1S/C56H88O6/c1-4-7-10-13-16-19-22-25-26-27-28-29-30-32-34-37-40-43-46-49-55(58)61-52-53(51-60-54(57)48-45-42-39-36-33-24-21-18-15-12-9-6-3)62-56(59)50-47-44-41-38-35-31-23-20-17-14-11-8-5-2/h7-12,14,16-21,23,25-26,28-29,33,36,53H,4-6,13,15,22,24,27,30-32,34-35,37-52H2,1-3H3/b10-7-,11-8-,12-9-,17-14-,19-16-,21-18-,23-20-,26-25-,29-28-,36-33-. The third-order valence-corrected chi connectivity index (χ3v) is 9.75. The first-order valence-corrected chi connectivity index (χ1v) is 24.6. The Balaban J connectivity index is 4.47. The van der Waals surface area contributed by atoms with Gasteiger partial charge in [0.15, 0.2) is 6.10 Å². The molecule has 0 spiro atoms. The number of hydrogen-bond donors (Lipinski definition) is 0. The zero-order valence-electron chi connectivity index (χ0n) is 39.6. The first-order chi connectivity index (χ1) is 30.5. The van der Waals surface area contributed by atoms with Crippen molar-refractivity contribution < 1.29 is 28.6 Å². The molecule has 0 aromatic rings. The lowest BCUT2D eigenvalue weighted by molar-refractivity contribution is -0.167. The van der Waals surface area contributed by atoms with Crippen LogP contribution in [0.15, 0.2) is 122 Å². The summed E-state index contributed by atoms with van der Waals surface area (Å²) in [6.07, 6.45) is 67.6. The second kappa shape index (κ2) is 49.5. The third-order valence-electron chi connectivity index (χ3n) is 9.75. The lowest BCUT2D eigenvalue weighted by atomic mass is 10.1. The molecule has 0 amide bonds. The van der Waals surface area contributed by atoms with Crippen molar-refractivity contribution in [3.05, 3.63) is 122 Å². The number of carbonyl (C=O) groups excluding carboxylic acids is 3. The van der Waals surface area contributed by atoms with E-state index >= 15 is 0 Å². The Morgan fingerprint density at radius 1 is 0.339 bits per heavy atom. The van der Waals surface area contributed by atoms with Gasteiger partial charge in [0.1, 0.15) is 13.2 Å². The normalized spacial score (nSPS) is 13.1. The second-order valence-electron chi connectivity index (χ2n) is 15.6. The van der Waals surface area contributed by atoms with Gasteiger partial charge >= 0.3 is 17.9 Å². The fourth-order valence-electron chi connectivity index (χ4n) is 6.15. The van der Waals surface area contributed by atoms with Gasteiger partial charge in [-0.3, -0.25) is 14.4 Å². The third kappa shape index (κ3) is 46.9. The maximum absolute atomic E-state index is 12.8. The van der Waals surface area contributed by atoms with Crippen LogP contribution < -0.4 is 0 Å². The Labute approximate surface area is 380 Å².